The number of hydrogen-bond donors (Lipinski definition) is 1. The largest absolute Gasteiger partial charge is 0.332 e. The molecule has 0 spiro atoms. The topological polar surface area (TPSA) is 109 Å². The van der Waals surface area contributed by atoms with Crippen LogP contribution in [0.4, 0.5) is 5.82 Å². The zero-order chi connectivity index (χ0) is 21.4. The monoisotopic (exact) mass is 427 g/mol. The molecule has 3 aromatic heterocycles. The van der Waals surface area contributed by atoms with Gasteiger partial charge in [-0.2, -0.15) is 5.10 Å². The Morgan fingerprint density at radius 3 is 2.67 bits per heavy atom. The lowest BCUT2D eigenvalue weighted by atomic mass is 10.2. The van der Waals surface area contributed by atoms with E-state index < -0.39 is 11.2 Å². The van der Waals surface area contributed by atoms with E-state index in [4.69, 9.17) is 11.6 Å². The smallest absolute Gasteiger partial charge is 0.315 e. The quantitative estimate of drug-likeness (QED) is 0.510. The Bertz CT molecular complexity index is 1380. The normalized spacial score (nSPS) is 11.2. The van der Waals surface area contributed by atoms with Gasteiger partial charge in [-0.05, 0) is 11.6 Å². The van der Waals surface area contributed by atoms with Crippen molar-refractivity contribution >= 4 is 34.5 Å². The van der Waals surface area contributed by atoms with Gasteiger partial charge in [0.2, 0.25) is 5.91 Å². The highest BCUT2D eigenvalue weighted by molar-refractivity contribution is 6.31. The van der Waals surface area contributed by atoms with Crippen molar-refractivity contribution in [3.63, 3.8) is 0 Å². The summed E-state index contributed by atoms with van der Waals surface area (Å²) in [6.07, 6.45) is 2.94. The van der Waals surface area contributed by atoms with Crippen molar-refractivity contribution in [2.24, 2.45) is 14.1 Å². The number of carbonyl (C=O) groups excluding carboxylic acids is 1. The molecule has 0 bridgehead atoms. The molecule has 1 aromatic carbocycles. The molecule has 0 unspecified atom stereocenters. The first-order valence-electron chi connectivity index (χ1n) is 9.02. The van der Waals surface area contributed by atoms with Crippen LogP contribution in [0.5, 0.6) is 0 Å². The number of amides is 1. The molecule has 4 rings (SSSR count). The number of nitrogens with one attached hydrogen (secondary N) is 1. The summed E-state index contributed by atoms with van der Waals surface area (Å²) in [4.78, 5) is 41.3. The fraction of sp³-hybridized carbons (Fsp3) is 0.211. The van der Waals surface area contributed by atoms with Crippen LogP contribution < -0.4 is 16.6 Å². The van der Waals surface area contributed by atoms with Crippen molar-refractivity contribution in [2.75, 3.05) is 5.32 Å². The number of benzene rings is 1. The highest BCUT2D eigenvalue weighted by Crippen LogP contribution is 2.18. The van der Waals surface area contributed by atoms with E-state index in [1.807, 2.05) is 18.2 Å². The summed E-state index contributed by atoms with van der Waals surface area (Å²) in [5.41, 5.74) is 0.273. The molecule has 30 heavy (non-hydrogen) atoms. The molecular weight excluding hydrogens is 410 g/mol. The maximum Gasteiger partial charge on any atom is 0.332 e. The lowest BCUT2D eigenvalue weighted by Crippen LogP contribution is -2.37. The highest BCUT2D eigenvalue weighted by atomic mass is 35.5. The van der Waals surface area contributed by atoms with E-state index in [1.54, 1.807) is 23.0 Å². The van der Waals surface area contributed by atoms with Crippen molar-refractivity contribution in [3.8, 4) is 0 Å². The van der Waals surface area contributed by atoms with Crippen LogP contribution in [-0.2, 0) is 32.0 Å². The van der Waals surface area contributed by atoms with Crippen LogP contribution in [0.2, 0.25) is 5.02 Å². The Labute approximate surface area is 174 Å². The summed E-state index contributed by atoms with van der Waals surface area (Å²) in [6.45, 7) is 0.236. The molecule has 0 radical (unpaired) electrons. The second kappa shape index (κ2) is 7.64. The Kier molecular flexibility index (Phi) is 5.00. The van der Waals surface area contributed by atoms with Gasteiger partial charge in [0.25, 0.3) is 5.56 Å². The van der Waals surface area contributed by atoms with Gasteiger partial charge in [0, 0.05) is 25.2 Å². The zero-order valence-electron chi connectivity index (χ0n) is 16.2. The van der Waals surface area contributed by atoms with Gasteiger partial charge in [0.05, 0.1) is 19.1 Å². The number of imidazole rings is 1. The first kappa shape index (κ1) is 19.6. The van der Waals surface area contributed by atoms with Crippen molar-refractivity contribution in [1.82, 2.24) is 28.5 Å². The second-order valence-electron chi connectivity index (χ2n) is 6.76. The molecule has 0 aliphatic rings. The average molecular weight is 428 g/mol. The van der Waals surface area contributed by atoms with Gasteiger partial charge in [-0.25, -0.2) is 14.5 Å². The maximum absolute atomic E-state index is 12.6. The zero-order valence-corrected chi connectivity index (χ0v) is 17.0. The van der Waals surface area contributed by atoms with Crippen molar-refractivity contribution in [3.05, 3.63) is 74.3 Å². The number of aromatic nitrogens is 6. The number of aryl methyl sites for hydroxylation is 1. The standard InChI is InChI=1S/C19H18ClN7O3/c1-24-17-16(18(29)25(2)19(24)30)26(11-21-17)10-15(28)23-14-7-8-22-27(14)9-12-5-3-4-6-13(12)20/h3-8,11H,9-10H2,1-2H3,(H,23,28). The molecule has 0 aliphatic heterocycles. The molecule has 0 atom stereocenters. The number of halogens is 1. The molecule has 0 fully saturated rings. The average Bonchev–Trinajstić information content (AvgIpc) is 3.33. The van der Waals surface area contributed by atoms with Gasteiger partial charge in [0.1, 0.15) is 12.4 Å². The van der Waals surface area contributed by atoms with Crippen LogP contribution in [0.1, 0.15) is 5.56 Å². The van der Waals surface area contributed by atoms with Gasteiger partial charge in [-0.1, -0.05) is 29.8 Å². The predicted molar refractivity (Wildman–Crippen MR) is 112 cm³/mol. The summed E-state index contributed by atoms with van der Waals surface area (Å²) >= 11 is 6.21. The van der Waals surface area contributed by atoms with E-state index in [-0.39, 0.29) is 23.6 Å². The summed E-state index contributed by atoms with van der Waals surface area (Å²) < 4.78 is 5.29. The maximum atomic E-state index is 12.6. The molecule has 11 heteroatoms. The van der Waals surface area contributed by atoms with Gasteiger partial charge in [0.15, 0.2) is 11.2 Å². The number of fused-ring (bicyclic) bond motifs is 1. The van der Waals surface area contributed by atoms with Crippen molar-refractivity contribution in [2.45, 2.75) is 13.1 Å². The predicted octanol–water partition coefficient (Wildman–Crippen LogP) is 0.971. The van der Waals surface area contributed by atoms with Crippen LogP contribution in [0.15, 0.2) is 52.4 Å². The number of rotatable bonds is 5. The van der Waals surface area contributed by atoms with Crippen molar-refractivity contribution < 1.29 is 4.79 Å². The number of nitrogens with zero attached hydrogens (tertiary/aromatic N) is 6. The van der Waals surface area contributed by atoms with Gasteiger partial charge in [-0.15, -0.1) is 0 Å². The van der Waals surface area contributed by atoms with E-state index >= 15 is 0 Å². The van der Waals surface area contributed by atoms with Gasteiger partial charge >= 0.3 is 5.69 Å². The Morgan fingerprint density at radius 1 is 1.13 bits per heavy atom. The minimum atomic E-state index is -0.512. The molecule has 4 aromatic rings. The Morgan fingerprint density at radius 2 is 1.90 bits per heavy atom. The minimum Gasteiger partial charge on any atom is -0.315 e. The van der Waals surface area contributed by atoms with Crippen LogP contribution in [-0.4, -0.2) is 34.4 Å². The van der Waals surface area contributed by atoms with Gasteiger partial charge in [-0.3, -0.25) is 18.7 Å². The SMILES string of the molecule is Cn1c(=O)c2c(ncn2CC(=O)Nc2ccnn2Cc2ccccc2Cl)n(C)c1=O. The minimum absolute atomic E-state index is 0.152. The molecule has 0 saturated carbocycles. The van der Waals surface area contributed by atoms with Gasteiger partial charge < -0.3 is 9.88 Å². The van der Waals surface area contributed by atoms with Crippen LogP contribution in [0.25, 0.3) is 11.2 Å². The molecule has 1 N–H and O–H groups in total. The molecule has 10 nitrogen and oxygen atoms in total. The lowest BCUT2D eigenvalue weighted by molar-refractivity contribution is -0.116. The third kappa shape index (κ3) is 3.41. The van der Waals surface area contributed by atoms with E-state index in [9.17, 15) is 14.4 Å². The second-order valence-corrected chi connectivity index (χ2v) is 7.17. The summed E-state index contributed by atoms with van der Waals surface area (Å²) in [7, 11) is 2.91. The fourth-order valence-corrected chi connectivity index (χ4v) is 3.40. The molecule has 0 saturated heterocycles. The summed E-state index contributed by atoms with van der Waals surface area (Å²) in [5, 5.41) is 7.63. The van der Waals surface area contributed by atoms with Crippen LogP contribution in [0.3, 0.4) is 0 Å². The molecule has 3 heterocycles. The molecular formula is C19H18ClN7O3. The lowest BCUT2D eigenvalue weighted by Gasteiger charge is -2.11. The Balaban J connectivity index is 1.57. The van der Waals surface area contributed by atoms with E-state index in [2.05, 4.69) is 15.4 Å². The number of anilines is 1. The highest BCUT2D eigenvalue weighted by Gasteiger charge is 2.17. The Hall–Kier alpha value is -3.66. The molecule has 0 aliphatic carbocycles. The van der Waals surface area contributed by atoms with Crippen molar-refractivity contribution in [1.29, 1.82) is 0 Å². The van der Waals surface area contributed by atoms with E-state index in [0.29, 0.717) is 17.4 Å². The number of hydrogen-bond acceptors (Lipinski definition) is 5. The molecule has 154 valence electrons. The molecule has 1 amide bonds. The van der Waals surface area contributed by atoms with Crippen LogP contribution >= 0.6 is 11.6 Å². The van der Waals surface area contributed by atoms with E-state index in [1.165, 1.54) is 29.6 Å². The summed E-state index contributed by atoms with van der Waals surface area (Å²) in [5.74, 6) is 0.121. The third-order valence-corrected chi connectivity index (χ3v) is 5.16. The summed E-state index contributed by atoms with van der Waals surface area (Å²) in [6, 6.07) is 9.06. The van der Waals surface area contributed by atoms with Crippen LogP contribution in [0, 0.1) is 0 Å². The first-order valence-corrected chi connectivity index (χ1v) is 9.40. The fourth-order valence-electron chi connectivity index (χ4n) is 3.21. The number of carbonyl (C=O) groups is 1. The third-order valence-electron chi connectivity index (χ3n) is 4.79. The first-order chi connectivity index (χ1) is 14.4. The van der Waals surface area contributed by atoms with E-state index in [0.717, 1.165) is 10.1 Å².